The van der Waals surface area contributed by atoms with E-state index in [1.54, 1.807) is 23.1 Å². The molecule has 0 saturated heterocycles. The lowest BCUT2D eigenvalue weighted by molar-refractivity contribution is 0.281. The first-order valence-electron chi connectivity index (χ1n) is 4.57. The predicted molar refractivity (Wildman–Crippen MR) is 63.3 cm³/mol. The molecule has 0 spiro atoms. The largest absolute Gasteiger partial charge is 0.392 e. The van der Waals surface area contributed by atoms with E-state index in [4.69, 9.17) is 5.11 Å². The molecule has 0 aliphatic carbocycles. The molecule has 1 N–H and O–H groups in total. The molecule has 1 aromatic carbocycles. The van der Waals surface area contributed by atoms with Gasteiger partial charge in [0.1, 0.15) is 0 Å². The van der Waals surface area contributed by atoms with Crippen molar-refractivity contribution < 1.29 is 5.11 Å². The molecule has 15 heavy (non-hydrogen) atoms. The molecule has 0 radical (unpaired) electrons. The van der Waals surface area contributed by atoms with Crippen LogP contribution in [-0.4, -0.2) is 10.1 Å². The summed E-state index contributed by atoms with van der Waals surface area (Å²) in [5.74, 6) is 0. The van der Waals surface area contributed by atoms with Crippen LogP contribution in [0.15, 0.2) is 39.0 Å². The number of benzene rings is 1. The van der Waals surface area contributed by atoms with Gasteiger partial charge in [0.15, 0.2) is 4.34 Å². The molecule has 0 aliphatic rings. The Morgan fingerprint density at radius 1 is 1.47 bits per heavy atom. The van der Waals surface area contributed by atoms with E-state index in [1.807, 2.05) is 30.6 Å². The van der Waals surface area contributed by atoms with Crippen molar-refractivity contribution in [3.63, 3.8) is 0 Å². The number of hydrogen-bond donors (Lipinski definition) is 1. The molecule has 1 heterocycles. The number of aromatic nitrogens is 1. The average Bonchev–Trinajstić information content (AvgIpc) is 2.71. The molecule has 0 atom stereocenters. The number of aliphatic hydroxyl groups is 1. The first-order chi connectivity index (χ1) is 7.29. The third kappa shape index (κ3) is 2.59. The van der Waals surface area contributed by atoms with Crippen LogP contribution in [0.1, 0.15) is 11.1 Å². The minimum absolute atomic E-state index is 0.105. The molecule has 0 unspecified atom stereocenters. The first kappa shape index (κ1) is 10.7. The van der Waals surface area contributed by atoms with E-state index in [0.29, 0.717) is 0 Å². The molecule has 78 valence electrons. The molecule has 4 heteroatoms. The predicted octanol–water partition coefficient (Wildman–Crippen LogP) is 3.10. The van der Waals surface area contributed by atoms with Crippen molar-refractivity contribution in [2.45, 2.75) is 22.8 Å². The van der Waals surface area contributed by atoms with Gasteiger partial charge in [-0.05, 0) is 30.2 Å². The van der Waals surface area contributed by atoms with E-state index in [9.17, 15) is 0 Å². The summed E-state index contributed by atoms with van der Waals surface area (Å²) in [6.07, 6.45) is 1.81. The summed E-state index contributed by atoms with van der Waals surface area (Å²) in [5, 5.41) is 11.0. The van der Waals surface area contributed by atoms with Gasteiger partial charge in [0.25, 0.3) is 0 Å². The maximum atomic E-state index is 9.05. The van der Waals surface area contributed by atoms with E-state index in [2.05, 4.69) is 11.1 Å². The fourth-order valence-corrected chi connectivity index (χ4v) is 2.97. The maximum absolute atomic E-state index is 9.05. The Bertz CT molecular complexity index is 440. The van der Waals surface area contributed by atoms with E-state index in [1.165, 1.54) is 4.90 Å². The zero-order chi connectivity index (χ0) is 10.7. The van der Waals surface area contributed by atoms with Crippen LogP contribution in [-0.2, 0) is 6.61 Å². The fourth-order valence-electron chi connectivity index (χ4n) is 1.27. The Morgan fingerprint density at radius 2 is 2.33 bits per heavy atom. The molecule has 0 amide bonds. The zero-order valence-electron chi connectivity index (χ0n) is 8.30. The third-order valence-corrected chi connectivity index (χ3v) is 3.97. The highest BCUT2D eigenvalue weighted by molar-refractivity contribution is 8.01. The van der Waals surface area contributed by atoms with E-state index >= 15 is 0 Å². The Kier molecular flexibility index (Phi) is 3.41. The number of hydrogen-bond acceptors (Lipinski definition) is 4. The molecule has 2 aromatic rings. The summed E-state index contributed by atoms with van der Waals surface area (Å²) in [4.78, 5) is 5.38. The topological polar surface area (TPSA) is 33.1 Å². The third-order valence-electron chi connectivity index (χ3n) is 2.10. The number of aryl methyl sites for hydroxylation is 1. The van der Waals surface area contributed by atoms with Crippen molar-refractivity contribution in [3.8, 4) is 0 Å². The van der Waals surface area contributed by atoms with E-state index in [-0.39, 0.29) is 6.61 Å². The number of thiazole rings is 1. The zero-order valence-corrected chi connectivity index (χ0v) is 9.94. The number of aliphatic hydroxyl groups excluding tert-OH is 1. The second-order valence-electron chi connectivity index (χ2n) is 3.15. The smallest absolute Gasteiger partial charge is 0.154 e. The summed E-state index contributed by atoms with van der Waals surface area (Å²) in [5.41, 5.74) is 2.11. The summed E-state index contributed by atoms with van der Waals surface area (Å²) < 4.78 is 1.05. The van der Waals surface area contributed by atoms with E-state index < -0.39 is 0 Å². The van der Waals surface area contributed by atoms with Crippen LogP contribution in [0, 0.1) is 6.92 Å². The Balaban J connectivity index is 2.20. The number of rotatable bonds is 3. The highest BCUT2D eigenvalue weighted by Gasteiger charge is 2.02. The van der Waals surface area contributed by atoms with Crippen LogP contribution in [0.3, 0.4) is 0 Å². The normalized spacial score (nSPS) is 10.5. The Hall–Kier alpha value is -0.840. The quantitative estimate of drug-likeness (QED) is 0.890. The molecule has 0 saturated carbocycles. The molecule has 2 rings (SSSR count). The van der Waals surface area contributed by atoms with Crippen LogP contribution in [0.5, 0.6) is 0 Å². The van der Waals surface area contributed by atoms with Crippen LogP contribution < -0.4 is 0 Å². The van der Waals surface area contributed by atoms with Gasteiger partial charge in [-0.3, -0.25) is 0 Å². The van der Waals surface area contributed by atoms with Gasteiger partial charge in [-0.25, -0.2) is 4.98 Å². The Morgan fingerprint density at radius 3 is 2.93 bits per heavy atom. The van der Waals surface area contributed by atoms with Crippen LogP contribution in [0.4, 0.5) is 0 Å². The van der Waals surface area contributed by atoms with Crippen LogP contribution in [0.2, 0.25) is 0 Å². The van der Waals surface area contributed by atoms with Gasteiger partial charge in [0.05, 0.1) is 6.61 Å². The van der Waals surface area contributed by atoms with Crippen molar-refractivity contribution in [1.82, 2.24) is 4.98 Å². The van der Waals surface area contributed by atoms with E-state index in [0.717, 1.165) is 15.5 Å². The lowest BCUT2D eigenvalue weighted by Gasteiger charge is -2.04. The monoisotopic (exact) mass is 237 g/mol. The minimum atomic E-state index is 0.105. The van der Waals surface area contributed by atoms with Crippen molar-refractivity contribution in [2.75, 3.05) is 0 Å². The molecular formula is C11H11NOS2. The maximum Gasteiger partial charge on any atom is 0.154 e. The lowest BCUT2D eigenvalue weighted by Crippen LogP contribution is -1.88. The molecular weight excluding hydrogens is 226 g/mol. The minimum Gasteiger partial charge on any atom is -0.392 e. The molecule has 0 fully saturated rings. The second-order valence-corrected chi connectivity index (χ2v) is 5.36. The first-order valence-corrected chi connectivity index (χ1v) is 6.27. The van der Waals surface area contributed by atoms with Gasteiger partial charge in [0.2, 0.25) is 0 Å². The highest BCUT2D eigenvalue weighted by Crippen LogP contribution is 2.30. The highest BCUT2D eigenvalue weighted by atomic mass is 32.2. The van der Waals surface area contributed by atoms with Gasteiger partial charge in [-0.2, -0.15) is 0 Å². The van der Waals surface area contributed by atoms with Gasteiger partial charge < -0.3 is 5.11 Å². The molecule has 0 aliphatic heterocycles. The standard InChI is InChI=1S/C11H11NOS2/c1-8-6-10(3-2-9(8)7-13)15-11-12-4-5-14-11/h2-6,13H,7H2,1H3. The number of nitrogens with zero attached hydrogens (tertiary/aromatic N) is 1. The summed E-state index contributed by atoms with van der Waals surface area (Å²) >= 11 is 3.29. The molecule has 1 aromatic heterocycles. The fraction of sp³-hybridized carbons (Fsp3) is 0.182. The summed E-state index contributed by atoms with van der Waals surface area (Å²) in [6.45, 7) is 2.12. The van der Waals surface area contributed by atoms with Crippen molar-refractivity contribution in [1.29, 1.82) is 0 Å². The second kappa shape index (κ2) is 4.79. The molecule has 2 nitrogen and oxygen atoms in total. The van der Waals surface area contributed by atoms with Gasteiger partial charge in [0, 0.05) is 16.5 Å². The Labute approximate surface area is 97.0 Å². The van der Waals surface area contributed by atoms with Crippen LogP contribution in [0.25, 0.3) is 0 Å². The van der Waals surface area contributed by atoms with Gasteiger partial charge in [-0.15, -0.1) is 11.3 Å². The lowest BCUT2D eigenvalue weighted by atomic mass is 10.1. The average molecular weight is 237 g/mol. The van der Waals surface area contributed by atoms with Crippen molar-refractivity contribution >= 4 is 23.1 Å². The van der Waals surface area contributed by atoms with Crippen molar-refractivity contribution in [3.05, 3.63) is 40.9 Å². The van der Waals surface area contributed by atoms with Crippen LogP contribution >= 0.6 is 23.1 Å². The van der Waals surface area contributed by atoms with Crippen molar-refractivity contribution in [2.24, 2.45) is 0 Å². The van der Waals surface area contributed by atoms with Gasteiger partial charge in [-0.1, -0.05) is 17.8 Å². The SMILES string of the molecule is Cc1cc(Sc2nccs2)ccc1CO. The summed E-state index contributed by atoms with van der Waals surface area (Å²) in [7, 11) is 0. The molecule has 0 bridgehead atoms. The van der Waals surface area contributed by atoms with Gasteiger partial charge >= 0.3 is 0 Å². The summed E-state index contributed by atoms with van der Waals surface area (Å²) in [6, 6.07) is 6.06.